The molecule has 0 aliphatic rings. The van der Waals surface area contributed by atoms with Gasteiger partial charge in [-0.2, -0.15) is 0 Å². The van der Waals surface area contributed by atoms with Crippen LogP contribution >= 0.6 is 0 Å². The van der Waals surface area contributed by atoms with Gasteiger partial charge in [-0.15, -0.1) is 0 Å². The second-order valence-corrected chi connectivity index (χ2v) is 8.09. The molecule has 1 rings (SSSR count). The summed E-state index contributed by atoms with van der Waals surface area (Å²) in [5, 5.41) is 44.2. The summed E-state index contributed by atoms with van der Waals surface area (Å²) in [7, 11) is 0. The lowest BCUT2D eigenvalue weighted by Gasteiger charge is -2.26. The summed E-state index contributed by atoms with van der Waals surface area (Å²) in [5.74, 6) is -5.82. The van der Waals surface area contributed by atoms with Crippen LogP contribution in [0.15, 0.2) is 24.3 Å². The van der Waals surface area contributed by atoms with E-state index in [0.29, 0.717) is 12.0 Å². The number of nitrogens with two attached hydrogens (primary N) is 1. The molecule has 1 aromatic carbocycles. The zero-order valence-corrected chi connectivity index (χ0v) is 19.4. The van der Waals surface area contributed by atoms with E-state index in [9.17, 15) is 39.3 Å². The monoisotopic (exact) mass is 496 g/mol. The first-order valence-electron chi connectivity index (χ1n) is 10.9. The van der Waals surface area contributed by atoms with Crippen LogP contribution in [0.2, 0.25) is 0 Å². The highest BCUT2D eigenvalue weighted by Crippen LogP contribution is 2.13. The van der Waals surface area contributed by atoms with Crippen LogP contribution in [-0.2, 0) is 30.4 Å². The molecule has 0 bridgehead atoms. The number of rotatable bonds is 14. The van der Waals surface area contributed by atoms with E-state index in [2.05, 4.69) is 16.0 Å². The van der Waals surface area contributed by atoms with E-state index in [1.807, 2.05) is 0 Å². The van der Waals surface area contributed by atoms with Crippen molar-refractivity contribution in [2.45, 2.75) is 57.3 Å². The van der Waals surface area contributed by atoms with Crippen LogP contribution in [0.1, 0.15) is 32.3 Å². The number of nitrogens with one attached hydrogen (secondary N) is 3. The first-order valence-corrected chi connectivity index (χ1v) is 10.9. The summed E-state index contributed by atoms with van der Waals surface area (Å²) in [6.07, 6.45) is -0.347. The molecule has 0 aromatic heterocycles. The number of phenolic OH excluding ortho intramolecular Hbond substituents is 1. The van der Waals surface area contributed by atoms with E-state index in [1.54, 1.807) is 13.8 Å². The van der Waals surface area contributed by atoms with Gasteiger partial charge in [-0.3, -0.25) is 19.2 Å². The van der Waals surface area contributed by atoms with E-state index in [4.69, 9.17) is 10.8 Å². The smallest absolute Gasteiger partial charge is 0.326 e. The fourth-order valence-corrected chi connectivity index (χ4v) is 3.04. The quantitative estimate of drug-likeness (QED) is 0.146. The molecule has 13 nitrogen and oxygen atoms in total. The second kappa shape index (κ2) is 13.9. The van der Waals surface area contributed by atoms with Gasteiger partial charge in [0, 0.05) is 6.42 Å². The van der Waals surface area contributed by atoms with E-state index in [1.165, 1.54) is 24.3 Å². The van der Waals surface area contributed by atoms with Crippen molar-refractivity contribution in [1.82, 2.24) is 16.0 Å². The first kappa shape index (κ1) is 29.3. The van der Waals surface area contributed by atoms with E-state index < -0.39 is 72.8 Å². The Morgan fingerprint density at radius 2 is 1.46 bits per heavy atom. The Balaban J connectivity index is 3.08. The van der Waals surface area contributed by atoms with Crippen LogP contribution in [-0.4, -0.2) is 80.9 Å². The number of carbonyl (C=O) groups is 5. The Bertz CT molecular complexity index is 907. The van der Waals surface area contributed by atoms with Crippen molar-refractivity contribution in [3.63, 3.8) is 0 Å². The number of phenols is 1. The molecule has 13 heteroatoms. The molecule has 0 saturated carbocycles. The third kappa shape index (κ3) is 9.59. The number of amides is 3. The lowest BCUT2D eigenvalue weighted by Crippen LogP contribution is -2.59. The maximum absolute atomic E-state index is 13.0. The predicted molar refractivity (Wildman–Crippen MR) is 122 cm³/mol. The summed E-state index contributed by atoms with van der Waals surface area (Å²) >= 11 is 0. The van der Waals surface area contributed by atoms with Crippen molar-refractivity contribution in [3.05, 3.63) is 29.8 Å². The minimum atomic E-state index is -1.55. The fraction of sp³-hybridized carbons (Fsp3) is 0.500. The average Bonchev–Trinajstić information content (AvgIpc) is 2.80. The molecule has 0 heterocycles. The number of carbonyl (C=O) groups excluding carboxylic acids is 3. The maximum Gasteiger partial charge on any atom is 0.326 e. The third-order valence-corrected chi connectivity index (χ3v) is 5.33. The molecule has 194 valence electrons. The Labute approximate surface area is 201 Å². The zero-order valence-electron chi connectivity index (χ0n) is 19.4. The Kier molecular flexibility index (Phi) is 11.6. The molecule has 1 aromatic rings. The number of aromatic hydroxyl groups is 1. The third-order valence-electron chi connectivity index (χ3n) is 5.33. The molecule has 35 heavy (non-hydrogen) atoms. The molecule has 0 aliphatic carbocycles. The number of aliphatic carboxylic acids is 2. The maximum atomic E-state index is 13.0. The molecule has 0 aliphatic heterocycles. The van der Waals surface area contributed by atoms with Crippen molar-refractivity contribution >= 4 is 29.7 Å². The van der Waals surface area contributed by atoms with Crippen LogP contribution in [0, 0.1) is 5.92 Å². The minimum Gasteiger partial charge on any atom is -0.508 e. The lowest BCUT2D eigenvalue weighted by atomic mass is 9.98. The van der Waals surface area contributed by atoms with Gasteiger partial charge in [0.2, 0.25) is 17.7 Å². The number of aliphatic hydroxyl groups is 1. The number of hydrogen-bond donors (Lipinski definition) is 8. The highest BCUT2D eigenvalue weighted by molar-refractivity contribution is 5.95. The molecule has 9 N–H and O–H groups in total. The van der Waals surface area contributed by atoms with Gasteiger partial charge in [-0.1, -0.05) is 32.4 Å². The first-order chi connectivity index (χ1) is 16.4. The van der Waals surface area contributed by atoms with Gasteiger partial charge in [-0.05, 0) is 23.6 Å². The fourth-order valence-electron chi connectivity index (χ4n) is 3.04. The van der Waals surface area contributed by atoms with Gasteiger partial charge >= 0.3 is 11.9 Å². The van der Waals surface area contributed by atoms with Crippen LogP contribution in [0.5, 0.6) is 5.75 Å². The molecule has 0 spiro atoms. The summed E-state index contributed by atoms with van der Waals surface area (Å²) in [6, 6.07) is 0.172. The lowest BCUT2D eigenvalue weighted by molar-refractivity contribution is -0.143. The number of carboxylic acids is 2. The topological polar surface area (TPSA) is 228 Å². The Morgan fingerprint density at radius 3 is 1.94 bits per heavy atom. The van der Waals surface area contributed by atoms with Gasteiger partial charge in [0.15, 0.2) is 0 Å². The second-order valence-electron chi connectivity index (χ2n) is 8.09. The standard InChI is InChI=1S/C22H32N4O9/c1-3-11(2)18(22(34)35)26-20(32)15(8-12-4-6-13(28)7-5-12)24-21(33)16(10-27)25-19(31)14(23)9-17(29)30/h4-7,11,14-16,18,27-28H,3,8-10,23H2,1-2H3,(H,24,33)(H,25,31)(H,26,32)(H,29,30)(H,34,35). The van der Waals surface area contributed by atoms with Gasteiger partial charge < -0.3 is 42.1 Å². The number of benzene rings is 1. The van der Waals surface area contributed by atoms with Crippen LogP contribution < -0.4 is 21.7 Å². The van der Waals surface area contributed by atoms with Crippen molar-refractivity contribution in [1.29, 1.82) is 0 Å². The zero-order chi connectivity index (χ0) is 26.7. The molecule has 0 saturated heterocycles. The molecule has 5 unspecified atom stereocenters. The van der Waals surface area contributed by atoms with Gasteiger partial charge in [-0.25, -0.2) is 4.79 Å². The molecule has 3 amide bonds. The van der Waals surface area contributed by atoms with Crippen molar-refractivity contribution in [2.24, 2.45) is 11.7 Å². The Hall–Kier alpha value is -3.71. The van der Waals surface area contributed by atoms with Gasteiger partial charge in [0.05, 0.1) is 19.1 Å². The molecular weight excluding hydrogens is 464 g/mol. The average molecular weight is 497 g/mol. The molecular formula is C22H32N4O9. The normalized spacial score (nSPS) is 15.1. The largest absolute Gasteiger partial charge is 0.508 e. The number of hydrogen-bond acceptors (Lipinski definition) is 8. The number of aliphatic hydroxyl groups excluding tert-OH is 1. The Morgan fingerprint density at radius 1 is 0.914 bits per heavy atom. The highest BCUT2D eigenvalue weighted by Gasteiger charge is 2.32. The minimum absolute atomic E-state index is 0.0257. The molecule has 0 radical (unpaired) electrons. The van der Waals surface area contributed by atoms with Gasteiger partial charge in [0.1, 0.15) is 23.9 Å². The highest BCUT2D eigenvalue weighted by atomic mass is 16.4. The van der Waals surface area contributed by atoms with Crippen LogP contribution in [0.4, 0.5) is 0 Å². The van der Waals surface area contributed by atoms with Crippen LogP contribution in [0.25, 0.3) is 0 Å². The summed E-state index contributed by atoms with van der Waals surface area (Å²) in [4.78, 5) is 60.1. The van der Waals surface area contributed by atoms with Crippen molar-refractivity contribution in [2.75, 3.05) is 6.61 Å². The van der Waals surface area contributed by atoms with Gasteiger partial charge in [0.25, 0.3) is 0 Å². The van der Waals surface area contributed by atoms with Crippen molar-refractivity contribution < 1.29 is 44.4 Å². The predicted octanol–water partition coefficient (Wildman–Crippen LogP) is -1.69. The molecule has 5 atom stereocenters. The van der Waals surface area contributed by atoms with Crippen molar-refractivity contribution in [3.8, 4) is 5.75 Å². The van der Waals surface area contributed by atoms with E-state index >= 15 is 0 Å². The van der Waals surface area contributed by atoms with Crippen LogP contribution in [0.3, 0.4) is 0 Å². The van der Waals surface area contributed by atoms with E-state index in [0.717, 1.165) is 0 Å². The molecule has 0 fully saturated rings. The summed E-state index contributed by atoms with van der Waals surface area (Å²) < 4.78 is 0. The van der Waals surface area contributed by atoms with E-state index in [-0.39, 0.29) is 12.2 Å². The summed E-state index contributed by atoms with van der Waals surface area (Å²) in [5.41, 5.74) is 5.98. The SMILES string of the molecule is CCC(C)C(NC(=O)C(Cc1ccc(O)cc1)NC(=O)C(CO)NC(=O)C(N)CC(=O)O)C(=O)O. The summed E-state index contributed by atoms with van der Waals surface area (Å²) in [6.45, 7) is 2.52. The number of carboxylic acid groups (broad SMARTS) is 2.